The number of aliphatic carboxylic acids is 1. The predicted molar refractivity (Wildman–Crippen MR) is 118 cm³/mol. The molecule has 7 heteroatoms. The van der Waals surface area contributed by atoms with Gasteiger partial charge in [0, 0.05) is 21.3 Å². The van der Waals surface area contributed by atoms with Crippen molar-refractivity contribution in [3.8, 4) is 5.75 Å². The molecule has 29 heavy (non-hydrogen) atoms. The first kappa shape index (κ1) is 21.6. The summed E-state index contributed by atoms with van der Waals surface area (Å²) >= 11 is 1.13. The second-order valence-electron chi connectivity index (χ2n) is 8.27. The van der Waals surface area contributed by atoms with Crippen molar-refractivity contribution in [3.63, 3.8) is 0 Å². The normalized spacial score (nSPS) is 18.9. The number of piperidine rings is 1. The first-order valence-electron chi connectivity index (χ1n) is 9.84. The maximum atomic E-state index is 12.2. The van der Waals surface area contributed by atoms with Crippen LogP contribution in [0.1, 0.15) is 38.7 Å². The number of nitrogens with zero attached hydrogens (tertiary/aromatic N) is 2. The molecule has 0 radical (unpaired) electrons. The van der Waals surface area contributed by atoms with E-state index < -0.39 is 11.4 Å². The number of ether oxygens (including phenoxy) is 1. The van der Waals surface area contributed by atoms with Gasteiger partial charge in [0.15, 0.2) is 0 Å². The summed E-state index contributed by atoms with van der Waals surface area (Å²) in [6, 6.07) is 11.7. The zero-order chi connectivity index (χ0) is 21.1. The molecule has 2 aromatic rings. The van der Waals surface area contributed by atoms with E-state index in [0.717, 1.165) is 60.0 Å². The fourth-order valence-corrected chi connectivity index (χ4v) is 4.43. The molecule has 1 N–H and O–H groups in total. The summed E-state index contributed by atoms with van der Waals surface area (Å²) in [5, 5.41) is 12.1. The van der Waals surface area contributed by atoms with Crippen LogP contribution in [0.25, 0.3) is 10.8 Å². The van der Waals surface area contributed by atoms with Gasteiger partial charge in [0.25, 0.3) is 0 Å². The van der Waals surface area contributed by atoms with Gasteiger partial charge >= 0.3 is 5.97 Å². The van der Waals surface area contributed by atoms with Crippen LogP contribution >= 0.6 is 11.9 Å². The highest BCUT2D eigenvalue weighted by molar-refractivity contribution is 7.99. The number of carboxylic acid groups (broad SMARTS) is 1. The maximum absolute atomic E-state index is 12.2. The molecule has 1 aliphatic heterocycles. The molecule has 0 saturated carbocycles. The molecule has 2 aromatic carbocycles. The summed E-state index contributed by atoms with van der Waals surface area (Å²) in [6.45, 7) is 6.29. The van der Waals surface area contributed by atoms with E-state index in [1.807, 2.05) is 36.4 Å². The van der Waals surface area contributed by atoms with Crippen molar-refractivity contribution in [1.29, 1.82) is 0 Å². The molecule has 0 aliphatic carbocycles. The minimum atomic E-state index is -0.964. The second-order valence-corrected chi connectivity index (χ2v) is 9.59. The van der Waals surface area contributed by atoms with E-state index in [1.165, 1.54) is 0 Å². The van der Waals surface area contributed by atoms with Gasteiger partial charge in [-0.05, 0) is 81.2 Å². The van der Waals surface area contributed by atoms with Crippen LogP contribution in [-0.2, 0) is 10.2 Å². The third-order valence-electron chi connectivity index (χ3n) is 6.26. The molecular weight excluding hydrogens is 388 g/mol. The number of hydrogen-bond donors (Lipinski definition) is 1. The van der Waals surface area contributed by atoms with Gasteiger partial charge in [-0.3, -0.25) is 4.79 Å². The minimum absolute atomic E-state index is 0.103. The Hall–Kier alpha value is -2.12. The van der Waals surface area contributed by atoms with Crippen LogP contribution in [0.2, 0.25) is 0 Å². The lowest BCUT2D eigenvalue weighted by molar-refractivity contribution is -0.143. The molecular formula is C22H28N2O4S. The molecule has 1 heterocycles. The van der Waals surface area contributed by atoms with Crippen LogP contribution in [-0.4, -0.2) is 47.5 Å². The van der Waals surface area contributed by atoms with Crippen LogP contribution in [0.4, 0.5) is 0 Å². The molecule has 6 nitrogen and oxygen atoms in total. The van der Waals surface area contributed by atoms with Crippen LogP contribution in [0, 0.1) is 4.91 Å². The lowest BCUT2D eigenvalue weighted by Gasteiger charge is -2.38. The highest BCUT2D eigenvalue weighted by Gasteiger charge is 2.37. The molecule has 1 fully saturated rings. The van der Waals surface area contributed by atoms with Crippen LogP contribution in [0.3, 0.4) is 0 Å². The summed E-state index contributed by atoms with van der Waals surface area (Å²) in [4.78, 5) is 25.1. The topological polar surface area (TPSA) is 79.2 Å². The highest BCUT2D eigenvalue weighted by Crippen LogP contribution is 2.37. The quantitative estimate of drug-likeness (QED) is 0.489. The Balaban J connectivity index is 1.74. The Kier molecular flexibility index (Phi) is 6.49. The number of rotatable bonds is 8. The molecule has 1 atom stereocenters. The van der Waals surface area contributed by atoms with Gasteiger partial charge in [-0.15, -0.1) is 4.91 Å². The number of methoxy groups -OCH3 is 1. The Morgan fingerprint density at radius 3 is 2.52 bits per heavy atom. The Morgan fingerprint density at radius 1 is 1.24 bits per heavy atom. The van der Waals surface area contributed by atoms with Gasteiger partial charge in [-0.2, -0.15) is 0 Å². The summed E-state index contributed by atoms with van der Waals surface area (Å²) in [5.74, 6) is -0.0285. The second kappa shape index (κ2) is 8.71. The zero-order valence-corrected chi connectivity index (χ0v) is 18.0. The fraction of sp³-hybridized carbons (Fsp3) is 0.500. The van der Waals surface area contributed by atoms with E-state index in [4.69, 9.17) is 4.74 Å². The van der Waals surface area contributed by atoms with Crippen molar-refractivity contribution in [2.45, 2.75) is 43.3 Å². The number of fused-ring (bicyclic) bond motifs is 1. The molecule has 0 bridgehead atoms. The van der Waals surface area contributed by atoms with E-state index in [0.29, 0.717) is 13.0 Å². The molecule has 3 rings (SSSR count). The van der Waals surface area contributed by atoms with Crippen molar-refractivity contribution >= 4 is 28.7 Å². The van der Waals surface area contributed by atoms with Crippen LogP contribution in [0.15, 0.2) is 41.0 Å². The van der Waals surface area contributed by atoms with Gasteiger partial charge in [0.1, 0.15) is 5.75 Å². The van der Waals surface area contributed by atoms with E-state index >= 15 is 0 Å². The van der Waals surface area contributed by atoms with Crippen molar-refractivity contribution < 1.29 is 14.6 Å². The molecule has 0 amide bonds. The summed E-state index contributed by atoms with van der Waals surface area (Å²) < 4.78 is 8.17. The largest absolute Gasteiger partial charge is 0.497 e. The third-order valence-corrected chi connectivity index (χ3v) is 7.18. The molecule has 0 aromatic heterocycles. The number of nitroso groups, excluding NO2 is 1. The Morgan fingerprint density at radius 2 is 1.90 bits per heavy atom. The average Bonchev–Trinajstić information content (AvgIpc) is 2.72. The molecule has 1 aliphatic rings. The minimum Gasteiger partial charge on any atom is -0.497 e. The van der Waals surface area contributed by atoms with Gasteiger partial charge in [-0.1, -0.05) is 24.3 Å². The third kappa shape index (κ3) is 4.73. The van der Waals surface area contributed by atoms with E-state index in [9.17, 15) is 14.8 Å². The van der Waals surface area contributed by atoms with Gasteiger partial charge in [0.2, 0.25) is 0 Å². The Bertz CT molecular complexity index is 896. The van der Waals surface area contributed by atoms with Crippen molar-refractivity contribution in [3.05, 3.63) is 46.9 Å². The molecule has 0 spiro atoms. The Labute approximate surface area is 175 Å². The van der Waals surface area contributed by atoms with Crippen molar-refractivity contribution in [2.75, 3.05) is 26.7 Å². The zero-order valence-electron chi connectivity index (χ0n) is 17.2. The number of hydrogen-bond acceptors (Lipinski definition) is 6. The van der Waals surface area contributed by atoms with E-state index in [1.54, 1.807) is 14.0 Å². The summed E-state index contributed by atoms with van der Waals surface area (Å²) in [7, 11) is 1.63. The fourth-order valence-electron chi connectivity index (χ4n) is 3.88. The average molecular weight is 417 g/mol. The highest BCUT2D eigenvalue weighted by atomic mass is 32.2. The standard InChI is InChI=1S/C22H28N2O4S/c1-21(29-23-27)8-11-24(12-9-21)13-10-22(2,20(25)26)18-6-4-17-15-19(28-3)7-5-16(17)14-18/h4-7,14-15H,8-13H2,1-3H3,(H,25,26)/t22-/m0/s1. The van der Waals surface area contributed by atoms with E-state index in [2.05, 4.69) is 16.4 Å². The SMILES string of the molecule is COc1ccc2cc([C@](C)(CCN3CCC(C)(SN=O)CC3)C(=O)O)ccc2c1. The monoisotopic (exact) mass is 416 g/mol. The maximum Gasteiger partial charge on any atom is 0.313 e. The first-order valence-corrected chi connectivity index (χ1v) is 10.6. The molecule has 1 saturated heterocycles. The van der Waals surface area contributed by atoms with Gasteiger partial charge < -0.3 is 14.7 Å². The molecule has 156 valence electrons. The van der Waals surface area contributed by atoms with Crippen LogP contribution in [0.5, 0.6) is 5.75 Å². The number of likely N-dealkylation sites (tertiary alicyclic amines) is 1. The smallest absolute Gasteiger partial charge is 0.313 e. The lowest BCUT2D eigenvalue weighted by Crippen LogP contribution is -2.43. The van der Waals surface area contributed by atoms with Crippen molar-refractivity contribution in [1.82, 2.24) is 4.90 Å². The summed E-state index contributed by atoms with van der Waals surface area (Å²) in [6.07, 6.45) is 2.29. The summed E-state index contributed by atoms with van der Waals surface area (Å²) in [5.41, 5.74) is -0.154. The first-order chi connectivity index (χ1) is 13.8. The van der Waals surface area contributed by atoms with Crippen LogP contribution < -0.4 is 4.74 Å². The van der Waals surface area contributed by atoms with E-state index in [-0.39, 0.29) is 4.75 Å². The number of carbonyl (C=O) groups is 1. The molecule has 0 unspecified atom stereocenters. The lowest BCUT2D eigenvalue weighted by atomic mass is 9.78. The van der Waals surface area contributed by atoms with Gasteiger partial charge in [0.05, 0.1) is 12.5 Å². The number of carboxylic acids is 1. The van der Waals surface area contributed by atoms with Crippen molar-refractivity contribution in [2.24, 2.45) is 4.58 Å². The number of benzene rings is 2. The predicted octanol–water partition coefficient (Wildman–Crippen LogP) is 4.85. The van der Waals surface area contributed by atoms with Gasteiger partial charge in [-0.25, -0.2) is 0 Å².